The molecule has 2 aromatic rings. The number of fused-ring (bicyclic) bond motifs is 3. The van der Waals surface area contributed by atoms with Gasteiger partial charge >= 0.3 is 0 Å². The molecule has 1 aromatic heterocycles. The summed E-state index contributed by atoms with van der Waals surface area (Å²) >= 11 is 8.78. The van der Waals surface area contributed by atoms with E-state index in [1.807, 2.05) is 22.8 Å². The second-order valence-corrected chi connectivity index (χ2v) is 5.19. The van der Waals surface area contributed by atoms with Crippen LogP contribution in [-0.2, 0) is 13.2 Å². The number of thiocarbonyl (C=S) groups is 1. The predicted octanol–water partition coefficient (Wildman–Crippen LogP) is 1.30. The molecule has 0 unspecified atom stereocenters. The SMILES string of the molecule is OCc1nnc2n1-c1ccc(Br)cc1C(=S)NC2. The molecule has 18 heavy (non-hydrogen) atoms. The first-order valence-electron chi connectivity index (χ1n) is 5.33. The summed E-state index contributed by atoms with van der Waals surface area (Å²) in [4.78, 5) is 0.667. The number of nitrogens with zero attached hydrogens (tertiary/aromatic N) is 3. The smallest absolute Gasteiger partial charge is 0.163 e. The Morgan fingerprint density at radius 1 is 1.44 bits per heavy atom. The van der Waals surface area contributed by atoms with E-state index in [1.54, 1.807) is 0 Å². The van der Waals surface area contributed by atoms with Crippen molar-refractivity contribution in [1.29, 1.82) is 0 Å². The normalized spacial score (nSPS) is 13.6. The van der Waals surface area contributed by atoms with E-state index < -0.39 is 0 Å². The maximum atomic E-state index is 9.33. The van der Waals surface area contributed by atoms with Crippen LogP contribution in [0.25, 0.3) is 5.69 Å². The maximum absolute atomic E-state index is 9.33. The van der Waals surface area contributed by atoms with Crippen LogP contribution in [0.3, 0.4) is 0 Å². The summed E-state index contributed by atoms with van der Waals surface area (Å²) in [5.41, 5.74) is 1.78. The van der Waals surface area contributed by atoms with Crippen molar-refractivity contribution in [3.8, 4) is 5.69 Å². The van der Waals surface area contributed by atoms with Gasteiger partial charge in [-0.2, -0.15) is 0 Å². The number of hydrogen-bond acceptors (Lipinski definition) is 4. The Kier molecular flexibility index (Phi) is 2.89. The van der Waals surface area contributed by atoms with E-state index in [1.165, 1.54) is 0 Å². The largest absolute Gasteiger partial charge is 0.388 e. The van der Waals surface area contributed by atoms with E-state index in [2.05, 4.69) is 31.4 Å². The predicted molar refractivity (Wildman–Crippen MR) is 73.5 cm³/mol. The van der Waals surface area contributed by atoms with Gasteiger partial charge in [0.2, 0.25) is 0 Å². The Morgan fingerprint density at radius 3 is 3.06 bits per heavy atom. The van der Waals surface area contributed by atoms with Crippen LogP contribution in [0.15, 0.2) is 22.7 Å². The summed E-state index contributed by atoms with van der Waals surface area (Å²) in [6.07, 6.45) is 0. The quantitative estimate of drug-likeness (QED) is 0.774. The fourth-order valence-electron chi connectivity index (χ4n) is 1.99. The standard InChI is InChI=1S/C11H9BrN4OS/c12-6-1-2-8-7(3-6)11(18)13-4-9-14-15-10(5-17)16(8)9/h1-3,17H,4-5H2,(H,13,18). The fourth-order valence-corrected chi connectivity index (χ4v) is 2.59. The summed E-state index contributed by atoms with van der Waals surface area (Å²) in [5.74, 6) is 1.25. The third-order valence-electron chi connectivity index (χ3n) is 2.79. The first kappa shape index (κ1) is 11.8. The van der Waals surface area contributed by atoms with Crippen molar-refractivity contribution in [1.82, 2.24) is 20.1 Å². The zero-order valence-electron chi connectivity index (χ0n) is 9.22. The van der Waals surface area contributed by atoms with Crippen molar-refractivity contribution < 1.29 is 5.11 Å². The van der Waals surface area contributed by atoms with Crippen molar-refractivity contribution in [3.63, 3.8) is 0 Å². The van der Waals surface area contributed by atoms with Gasteiger partial charge in [0.05, 0.1) is 12.2 Å². The minimum absolute atomic E-state index is 0.157. The lowest BCUT2D eigenvalue weighted by Crippen LogP contribution is -2.20. The van der Waals surface area contributed by atoms with Gasteiger partial charge in [0.15, 0.2) is 11.6 Å². The molecule has 0 saturated carbocycles. The van der Waals surface area contributed by atoms with Gasteiger partial charge in [-0.15, -0.1) is 10.2 Å². The molecule has 0 spiro atoms. The molecule has 0 atom stereocenters. The number of nitrogens with one attached hydrogen (secondary N) is 1. The molecule has 0 amide bonds. The van der Waals surface area contributed by atoms with Crippen molar-refractivity contribution in [2.24, 2.45) is 0 Å². The van der Waals surface area contributed by atoms with E-state index in [0.29, 0.717) is 17.4 Å². The van der Waals surface area contributed by atoms with E-state index in [0.717, 1.165) is 21.5 Å². The van der Waals surface area contributed by atoms with Gasteiger partial charge in [-0.1, -0.05) is 28.1 Å². The van der Waals surface area contributed by atoms with Crippen molar-refractivity contribution in [3.05, 3.63) is 39.9 Å². The lowest BCUT2D eigenvalue weighted by atomic mass is 10.1. The Bertz CT molecular complexity index is 640. The van der Waals surface area contributed by atoms with Crippen LogP contribution in [0.1, 0.15) is 17.2 Å². The zero-order chi connectivity index (χ0) is 12.7. The van der Waals surface area contributed by atoms with Gasteiger partial charge < -0.3 is 10.4 Å². The molecule has 0 aliphatic carbocycles. The number of benzene rings is 1. The third-order valence-corrected chi connectivity index (χ3v) is 3.65. The van der Waals surface area contributed by atoms with Crippen molar-refractivity contribution in [2.75, 3.05) is 0 Å². The number of aliphatic hydroxyl groups is 1. The molecule has 0 fully saturated rings. The molecule has 0 saturated heterocycles. The van der Waals surface area contributed by atoms with Gasteiger partial charge in [0.1, 0.15) is 11.6 Å². The highest BCUT2D eigenvalue weighted by Gasteiger charge is 2.21. The number of rotatable bonds is 1. The average Bonchev–Trinajstić information content (AvgIpc) is 2.73. The van der Waals surface area contributed by atoms with E-state index in [9.17, 15) is 5.11 Å². The van der Waals surface area contributed by atoms with Crippen LogP contribution in [0, 0.1) is 0 Å². The fraction of sp³-hybridized carbons (Fsp3) is 0.182. The molecule has 92 valence electrons. The van der Waals surface area contributed by atoms with Crippen LogP contribution < -0.4 is 5.32 Å². The van der Waals surface area contributed by atoms with Crippen LogP contribution >= 0.6 is 28.1 Å². The lowest BCUT2D eigenvalue weighted by Gasteiger charge is -2.10. The summed E-state index contributed by atoms with van der Waals surface area (Å²) < 4.78 is 2.79. The van der Waals surface area contributed by atoms with Crippen molar-refractivity contribution in [2.45, 2.75) is 13.2 Å². The monoisotopic (exact) mass is 324 g/mol. The third kappa shape index (κ3) is 1.75. The zero-order valence-corrected chi connectivity index (χ0v) is 11.6. The highest BCUT2D eigenvalue weighted by molar-refractivity contribution is 9.10. The average molecular weight is 325 g/mol. The van der Waals surface area contributed by atoms with Crippen LogP contribution in [0.2, 0.25) is 0 Å². The van der Waals surface area contributed by atoms with E-state index in [-0.39, 0.29) is 6.61 Å². The highest BCUT2D eigenvalue weighted by atomic mass is 79.9. The Hall–Kier alpha value is -1.31. The molecular weight excluding hydrogens is 316 g/mol. The summed E-state index contributed by atoms with van der Waals surface area (Å²) in [7, 11) is 0. The Morgan fingerprint density at radius 2 is 2.28 bits per heavy atom. The lowest BCUT2D eigenvalue weighted by molar-refractivity contribution is 0.268. The number of halogens is 1. The molecule has 7 heteroatoms. The van der Waals surface area contributed by atoms with Crippen molar-refractivity contribution >= 4 is 33.1 Å². The molecular formula is C11H9BrN4OS. The number of aromatic nitrogens is 3. The van der Waals surface area contributed by atoms with Crippen LogP contribution in [0.5, 0.6) is 0 Å². The molecule has 1 aliphatic heterocycles. The summed E-state index contributed by atoms with van der Waals surface area (Å²) in [6, 6.07) is 5.81. The van der Waals surface area contributed by atoms with E-state index >= 15 is 0 Å². The Labute approximate surface area is 117 Å². The molecule has 0 bridgehead atoms. The van der Waals surface area contributed by atoms with E-state index in [4.69, 9.17) is 12.2 Å². The van der Waals surface area contributed by atoms with Gasteiger partial charge in [-0.3, -0.25) is 4.57 Å². The molecule has 0 radical (unpaired) electrons. The molecule has 2 N–H and O–H groups in total. The minimum atomic E-state index is -0.157. The second kappa shape index (κ2) is 4.42. The molecule has 3 rings (SSSR count). The highest BCUT2D eigenvalue weighted by Crippen LogP contribution is 2.25. The number of aliphatic hydroxyl groups excluding tert-OH is 1. The van der Waals surface area contributed by atoms with Crippen LogP contribution in [-0.4, -0.2) is 24.9 Å². The molecule has 1 aromatic carbocycles. The van der Waals surface area contributed by atoms with Gasteiger partial charge in [-0.25, -0.2) is 0 Å². The minimum Gasteiger partial charge on any atom is -0.388 e. The topological polar surface area (TPSA) is 63.0 Å². The van der Waals surface area contributed by atoms with Gasteiger partial charge in [0.25, 0.3) is 0 Å². The van der Waals surface area contributed by atoms with Crippen LogP contribution in [0.4, 0.5) is 0 Å². The molecule has 2 heterocycles. The first-order chi connectivity index (χ1) is 8.70. The first-order valence-corrected chi connectivity index (χ1v) is 6.53. The molecule has 5 nitrogen and oxygen atoms in total. The van der Waals surface area contributed by atoms with Gasteiger partial charge in [0, 0.05) is 10.0 Å². The van der Waals surface area contributed by atoms with Gasteiger partial charge in [-0.05, 0) is 18.2 Å². The maximum Gasteiger partial charge on any atom is 0.163 e. The molecule has 1 aliphatic rings. The number of hydrogen-bond donors (Lipinski definition) is 2. The second-order valence-electron chi connectivity index (χ2n) is 3.87. The summed E-state index contributed by atoms with van der Waals surface area (Å²) in [6.45, 7) is 0.341. The Balaban J connectivity index is 2.31. The summed E-state index contributed by atoms with van der Waals surface area (Å²) in [5, 5.41) is 20.5.